The van der Waals surface area contributed by atoms with E-state index in [2.05, 4.69) is 5.32 Å². The number of likely N-dealkylation sites (N-methyl/N-ethyl adjacent to an activating group) is 1. The van der Waals surface area contributed by atoms with Gasteiger partial charge in [0.05, 0.1) is 12.2 Å². The zero-order chi connectivity index (χ0) is 25.5. The maximum atomic E-state index is 12.9. The molecule has 2 aromatic rings. The lowest BCUT2D eigenvalue weighted by atomic mass is 10.1. The Morgan fingerprint density at radius 2 is 1.88 bits per heavy atom. The van der Waals surface area contributed by atoms with E-state index in [-0.39, 0.29) is 17.2 Å². The molecule has 1 atom stereocenters. The summed E-state index contributed by atoms with van der Waals surface area (Å²) in [6, 6.07) is 10.5. The van der Waals surface area contributed by atoms with Crippen molar-refractivity contribution in [3.8, 4) is 17.6 Å². The van der Waals surface area contributed by atoms with Gasteiger partial charge in [0, 0.05) is 19.8 Å². The van der Waals surface area contributed by atoms with Crippen LogP contribution >= 0.6 is 0 Å². The average molecular weight is 475 g/mol. The Kier molecular flexibility index (Phi) is 8.67. The summed E-state index contributed by atoms with van der Waals surface area (Å²) in [6.07, 6.45) is -4.07. The number of nitrogens with zero attached hydrogens (tertiary/aromatic N) is 2. The fourth-order valence-corrected chi connectivity index (χ4v) is 2.87. The van der Waals surface area contributed by atoms with Gasteiger partial charge in [0.2, 0.25) is 0 Å². The van der Waals surface area contributed by atoms with Crippen molar-refractivity contribution >= 4 is 23.6 Å². The van der Waals surface area contributed by atoms with E-state index in [4.69, 9.17) is 9.47 Å². The van der Waals surface area contributed by atoms with E-state index in [1.54, 1.807) is 40.1 Å². The summed E-state index contributed by atoms with van der Waals surface area (Å²) < 4.78 is 49.9. The monoisotopic (exact) mass is 475 g/mol. The van der Waals surface area contributed by atoms with E-state index < -0.39 is 23.8 Å². The van der Waals surface area contributed by atoms with E-state index in [0.29, 0.717) is 23.7 Å². The van der Waals surface area contributed by atoms with Crippen LogP contribution in [0.3, 0.4) is 0 Å². The topological polar surface area (TPSA) is 91.7 Å². The number of rotatable bonds is 8. The Hall–Kier alpha value is -4.00. The van der Waals surface area contributed by atoms with Crippen LogP contribution in [0.2, 0.25) is 0 Å². The number of halogens is 3. The van der Waals surface area contributed by atoms with Gasteiger partial charge in [0.1, 0.15) is 11.6 Å². The molecule has 2 aromatic carbocycles. The third-order valence-corrected chi connectivity index (χ3v) is 4.48. The molecule has 180 valence electrons. The highest BCUT2D eigenvalue weighted by Gasteiger charge is 2.30. The van der Waals surface area contributed by atoms with Gasteiger partial charge in [0.25, 0.3) is 11.8 Å². The molecule has 0 aliphatic rings. The molecular formula is C24H24F3N3O4. The van der Waals surface area contributed by atoms with Crippen molar-refractivity contribution < 1.29 is 32.2 Å². The third kappa shape index (κ3) is 7.00. The van der Waals surface area contributed by atoms with E-state index in [1.165, 1.54) is 29.2 Å². The lowest BCUT2D eigenvalue weighted by Gasteiger charge is -2.20. The Labute approximate surface area is 195 Å². The molecule has 0 aliphatic carbocycles. The van der Waals surface area contributed by atoms with Crippen LogP contribution < -0.4 is 14.8 Å². The molecule has 2 amide bonds. The lowest BCUT2D eigenvalue weighted by Crippen LogP contribution is -2.35. The minimum atomic E-state index is -4.57. The summed E-state index contributed by atoms with van der Waals surface area (Å²) in [7, 11) is 3.21. The van der Waals surface area contributed by atoms with Crippen LogP contribution in [0.25, 0.3) is 6.08 Å². The number of ether oxygens (including phenoxy) is 2. The second-order valence-electron chi connectivity index (χ2n) is 7.33. The van der Waals surface area contributed by atoms with E-state index >= 15 is 0 Å². The van der Waals surface area contributed by atoms with E-state index in [0.717, 1.165) is 18.2 Å². The number of alkyl halides is 3. The predicted molar refractivity (Wildman–Crippen MR) is 120 cm³/mol. The van der Waals surface area contributed by atoms with Gasteiger partial charge >= 0.3 is 6.18 Å². The number of hydrogen-bond donors (Lipinski definition) is 1. The SMILES string of the molecule is CCOc1cc(/C=C(\C#N)C(=O)Nc2cccc(C(F)(F)F)c2)ccc1OC(C)C(=O)N(C)C. The normalized spacial score (nSPS) is 12.4. The third-order valence-electron chi connectivity index (χ3n) is 4.48. The highest BCUT2D eigenvalue weighted by Crippen LogP contribution is 2.32. The number of hydrogen-bond acceptors (Lipinski definition) is 5. The van der Waals surface area contributed by atoms with Gasteiger partial charge in [0.15, 0.2) is 17.6 Å². The number of nitrogens with one attached hydrogen (secondary N) is 1. The molecule has 0 heterocycles. The molecule has 34 heavy (non-hydrogen) atoms. The van der Waals surface area contributed by atoms with Crippen molar-refractivity contribution in [2.75, 3.05) is 26.0 Å². The van der Waals surface area contributed by atoms with Crippen LogP contribution in [-0.4, -0.2) is 43.5 Å². The van der Waals surface area contributed by atoms with Gasteiger partial charge in [-0.1, -0.05) is 12.1 Å². The Bertz CT molecular complexity index is 1120. The Morgan fingerprint density at radius 1 is 1.18 bits per heavy atom. The highest BCUT2D eigenvalue weighted by atomic mass is 19.4. The molecule has 0 bridgehead atoms. The average Bonchev–Trinajstić information content (AvgIpc) is 2.78. The van der Waals surface area contributed by atoms with Gasteiger partial charge in [-0.15, -0.1) is 0 Å². The van der Waals surface area contributed by atoms with E-state index in [1.807, 2.05) is 0 Å². The summed E-state index contributed by atoms with van der Waals surface area (Å²) in [5, 5.41) is 11.7. The minimum Gasteiger partial charge on any atom is -0.490 e. The minimum absolute atomic E-state index is 0.0979. The molecule has 2 rings (SSSR count). The van der Waals surface area contributed by atoms with Crippen LogP contribution in [0.5, 0.6) is 11.5 Å². The standard InChI is InChI=1S/C24H24F3N3O4/c1-5-33-21-12-16(9-10-20(21)34-15(2)23(32)30(3)4)11-17(14-28)22(31)29-19-8-6-7-18(13-19)24(25,26)27/h6-13,15H,5H2,1-4H3,(H,29,31)/b17-11+. The molecule has 0 saturated heterocycles. The van der Waals surface area contributed by atoms with Crippen molar-refractivity contribution in [2.45, 2.75) is 26.1 Å². The molecule has 10 heteroatoms. The predicted octanol–water partition coefficient (Wildman–Crippen LogP) is 4.51. The maximum absolute atomic E-state index is 12.9. The molecule has 1 unspecified atom stereocenters. The van der Waals surface area contributed by atoms with Gasteiger partial charge in [-0.25, -0.2) is 0 Å². The first-order chi connectivity index (χ1) is 16.0. The zero-order valence-electron chi connectivity index (χ0n) is 19.1. The van der Waals surface area contributed by atoms with Crippen molar-refractivity contribution in [3.63, 3.8) is 0 Å². The summed E-state index contributed by atoms with van der Waals surface area (Å²) in [5.74, 6) is -0.520. The first kappa shape index (κ1) is 26.3. The van der Waals surface area contributed by atoms with Crippen LogP contribution in [0.1, 0.15) is 25.0 Å². The summed E-state index contributed by atoms with van der Waals surface area (Å²) >= 11 is 0. The smallest absolute Gasteiger partial charge is 0.416 e. The number of amides is 2. The molecule has 0 fully saturated rings. The van der Waals surface area contributed by atoms with Gasteiger partial charge in [-0.05, 0) is 55.8 Å². The summed E-state index contributed by atoms with van der Waals surface area (Å²) in [6.45, 7) is 3.64. The number of benzene rings is 2. The number of carbonyl (C=O) groups excluding carboxylic acids is 2. The Balaban J connectivity index is 2.28. The van der Waals surface area contributed by atoms with Crippen molar-refractivity contribution in [1.82, 2.24) is 4.90 Å². The van der Waals surface area contributed by atoms with Gasteiger partial charge < -0.3 is 19.7 Å². The van der Waals surface area contributed by atoms with Gasteiger partial charge in [-0.2, -0.15) is 18.4 Å². The molecular weight excluding hydrogens is 451 g/mol. The molecule has 0 aromatic heterocycles. The fourth-order valence-electron chi connectivity index (χ4n) is 2.87. The number of carbonyl (C=O) groups is 2. The van der Waals surface area contributed by atoms with Crippen LogP contribution in [0.4, 0.5) is 18.9 Å². The second kappa shape index (κ2) is 11.2. The number of nitriles is 1. The van der Waals surface area contributed by atoms with E-state index in [9.17, 15) is 28.0 Å². The van der Waals surface area contributed by atoms with Crippen LogP contribution in [0.15, 0.2) is 48.0 Å². The largest absolute Gasteiger partial charge is 0.490 e. The van der Waals surface area contributed by atoms with Crippen molar-refractivity contribution in [3.05, 3.63) is 59.2 Å². The quantitative estimate of drug-likeness (QED) is 0.448. The first-order valence-corrected chi connectivity index (χ1v) is 10.2. The van der Waals surface area contributed by atoms with Crippen LogP contribution in [0, 0.1) is 11.3 Å². The lowest BCUT2D eigenvalue weighted by molar-refractivity contribution is -0.137. The molecule has 0 aliphatic heterocycles. The van der Waals surface area contributed by atoms with Crippen molar-refractivity contribution in [2.24, 2.45) is 0 Å². The summed E-state index contributed by atoms with van der Waals surface area (Å²) in [5.41, 5.74) is -0.936. The van der Waals surface area contributed by atoms with Crippen molar-refractivity contribution in [1.29, 1.82) is 5.26 Å². The molecule has 1 N–H and O–H groups in total. The fraction of sp³-hybridized carbons (Fsp3) is 0.292. The Morgan fingerprint density at radius 3 is 2.47 bits per heavy atom. The second-order valence-corrected chi connectivity index (χ2v) is 7.33. The molecule has 0 spiro atoms. The molecule has 0 radical (unpaired) electrons. The summed E-state index contributed by atoms with van der Waals surface area (Å²) in [4.78, 5) is 26.0. The zero-order valence-corrected chi connectivity index (χ0v) is 19.1. The van der Waals surface area contributed by atoms with Gasteiger partial charge in [-0.3, -0.25) is 9.59 Å². The first-order valence-electron chi connectivity index (χ1n) is 10.2. The number of anilines is 1. The van der Waals surface area contributed by atoms with Crippen LogP contribution in [-0.2, 0) is 15.8 Å². The molecule has 0 saturated carbocycles. The molecule has 7 nitrogen and oxygen atoms in total. The maximum Gasteiger partial charge on any atom is 0.416 e. The highest BCUT2D eigenvalue weighted by molar-refractivity contribution is 6.09.